The van der Waals surface area contributed by atoms with E-state index in [1.54, 1.807) is 19.2 Å². The van der Waals surface area contributed by atoms with Gasteiger partial charge in [0.15, 0.2) is 0 Å². The van der Waals surface area contributed by atoms with Crippen LogP contribution in [0, 0.1) is 0 Å². The lowest BCUT2D eigenvalue weighted by molar-refractivity contribution is 0.192. The lowest BCUT2D eigenvalue weighted by Crippen LogP contribution is -2.03. The van der Waals surface area contributed by atoms with Crippen molar-refractivity contribution in [3.8, 4) is 0 Å². The maximum absolute atomic E-state index is 6.05. The second-order valence-electron chi connectivity index (χ2n) is 3.84. The predicted octanol–water partition coefficient (Wildman–Crippen LogP) is 3.80. The van der Waals surface area contributed by atoms with Crippen molar-refractivity contribution < 1.29 is 4.74 Å². The van der Waals surface area contributed by atoms with Gasteiger partial charge in [-0.1, -0.05) is 23.2 Å². The zero-order chi connectivity index (χ0) is 12.7. The highest BCUT2D eigenvalue weighted by Gasteiger charge is 2.06. The molecule has 1 rings (SSSR count). The van der Waals surface area contributed by atoms with Gasteiger partial charge in [-0.15, -0.1) is 0 Å². The van der Waals surface area contributed by atoms with Crippen molar-refractivity contribution in [2.45, 2.75) is 19.3 Å². The number of benzene rings is 1. The smallest absolute Gasteiger partial charge is 0.0720 e. The number of rotatable bonds is 7. The van der Waals surface area contributed by atoms with E-state index in [1.165, 1.54) is 0 Å². The summed E-state index contributed by atoms with van der Waals surface area (Å²) < 4.78 is 4.98. The first-order chi connectivity index (χ1) is 8.15. The Morgan fingerprint density at radius 2 is 1.82 bits per heavy atom. The van der Waals surface area contributed by atoms with Gasteiger partial charge in [0.25, 0.3) is 0 Å². The summed E-state index contributed by atoms with van der Waals surface area (Å²) in [6.45, 7) is 1.65. The van der Waals surface area contributed by atoms with Crippen molar-refractivity contribution >= 4 is 34.6 Å². The number of nitrogens with one attached hydrogen (secondary N) is 1. The average Bonchev–Trinajstić information content (AvgIpc) is 2.26. The van der Waals surface area contributed by atoms with E-state index in [2.05, 4.69) is 5.32 Å². The SMILES string of the molecule is COCCCCCNc1c(Cl)cc(N)cc1Cl. The van der Waals surface area contributed by atoms with E-state index in [0.717, 1.165) is 38.1 Å². The van der Waals surface area contributed by atoms with E-state index < -0.39 is 0 Å². The Morgan fingerprint density at radius 1 is 1.18 bits per heavy atom. The highest BCUT2D eigenvalue weighted by atomic mass is 35.5. The average molecular weight is 277 g/mol. The zero-order valence-corrected chi connectivity index (χ0v) is 11.4. The van der Waals surface area contributed by atoms with Gasteiger partial charge in [-0.05, 0) is 31.4 Å². The van der Waals surface area contributed by atoms with Crippen molar-refractivity contribution in [3.05, 3.63) is 22.2 Å². The predicted molar refractivity (Wildman–Crippen MR) is 75.1 cm³/mol. The Hall–Kier alpha value is -0.640. The standard InChI is InChI=1S/C12H18Cl2N2O/c1-17-6-4-2-3-5-16-12-10(13)7-9(15)8-11(12)14/h7-8,16H,2-6,15H2,1H3. The molecule has 0 amide bonds. The molecule has 0 heterocycles. The largest absolute Gasteiger partial charge is 0.399 e. The molecular weight excluding hydrogens is 259 g/mol. The van der Waals surface area contributed by atoms with Crippen LogP contribution in [0.1, 0.15) is 19.3 Å². The van der Waals surface area contributed by atoms with Crippen LogP contribution in [0.3, 0.4) is 0 Å². The molecule has 0 fully saturated rings. The molecule has 0 aliphatic carbocycles. The lowest BCUT2D eigenvalue weighted by Gasteiger charge is -2.11. The van der Waals surface area contributed by atoms with Gasteiger partial charge in [0.2, 0.25) is 0 Å². The molecular formula is C12H18Cl2N2O. The van der Waals surface area contributed by atoms with Gasteiger partial charge in [0.05, 0.1) is 15.7 Å². The third-order valence-corrected chi connectivity index (χ3v) is 2.99. The first-order valence-electron chi connectivity index (χ1n) is 5.62. The van der Waals surface area contributed by atoms with E-state index in [-0.39, 0.29) is 0 Å². The number of nitrogens with two attached hydrogens (primary N) is 1. The van der Waals surface area contributed by atoms with Gasteiger partial charge in [-0.25, -0.2) is 0 Å². The first kappa shape index (κ1) is 14.4. The van der Waals surface area contributed by atoms with Gasteiger partial charge in [0.1, 0.15) is 0 Å². The molecule has 0 saturated carbocycles. The lowest BCUT2D eigenvalue weighted by atomic mass is 10.2. The molecule has 3 N–H and O–H groups in total. The van der Waals surface area contributed by atoms with E-state index >= 15 is 0 Å². The molecule has 5 heteroatoms. The molecule has 0 aromatic heterocycles. The third kappa shape index (κ3) is 5.02. The number of methoxy groups -OCH3 is 1. The Kier molecular flexibility index (Phi) is 6.48. The Balaban J connectivity index is 2.36. The minimum absolute atomic E-state index is 0.562. The quantitative estimate of drug-likeness (QED) is 0.588. The number of nitrogen functional groups attached to an aromatic ring is 1. The van der Waals surface area contributed by atoms with Crippen LogP contribution in [0.5, 0.6) is 0 Å². The van der Waals surface area contributed by atoms with Crippen LogP contribution in [0.15, 0.2) is 12.1 Å². The molecule has 0 bridgehead atoms. The molecule has 0 saturated heterocycles. The summed E-state index contributed by atoms with van der Waals surface area (Å²) in [7, 11) is 1.71. The molecule has 1 aromatic rings. The summed E-state index contributed by atoms with van der Waals surface area (Å²) in [5.74, 6) is 0. The Bertz CT molecular complexity index is 335. The number of anilines is 2. The fourth-order valence-corrected chi connectivity index (χ4v) is 2.16. The molecule has 3 nitrogen and oxygen atoms in total. The molecule has 0 unspecified atom stereocenters. The highest BCUT2D eigenvalue weighted by molar-refractivity contribution is 6.39. The van der Waals surface area contributed by atoms with Crippen molar-refractivity contribution in [2.75, 3.05) is 31.3 Å². The molecule has 0 aliphatic rings. The summed E-state index contributed by atoms with van der Waals surface area (Å²) in [6, 6.07) is 3.39. The number of ether oxygens (including phenoxy) is 1. The molecule has 0 spiro atoms. The zero-order valence-electron chi connectivity index (χ0n) is 9.93. The molecule has 0 radical (unpaired) electrons. The number of halogens is 2. The maximum Gasteiger partial charge on any atom is 0.0720 e. The van der Waals surface area contributed by atoms with E-state index in [0.29, 0.717) is 15.7 Å². The Labute approximate surface area is 112 Å². The van der Waals surface area contributed by atoms with Crippen molar-refractivity contribution in [2.24, 2.45) is 0 Å². The summed E-state index contributed by atoms with van der Waals surface area (Å²) in [5, 5.41) is 4.35. The van der Waals surface area contributed by atoms with Crippen LogP contribution in [0.25, 0.3) is 0 Å². The maximum atomic E-state index is 6.05. The van der Waals surface area contributed by atoms with Crippen LogP contribution < -0.4 is 11.1 Å². The monoisotopic (exact) mass is 276 g/mol. The fourth-order valence-electron chi connectivity index (χ4n) is 1.52. The second-order valence-corrected chi connectivity index (χ2v) is 4.65. The third-order valence-electron chi connectivity index (χ3n) is 2.39. The fraction of sp³-hybridized carbons (Fsp3) is 0.500. The summed E-state index contributed by atoms with van der Waals surface area (Å²) >= 11 is 12.1. The summed E-state index contributed by atoms with van der Waals surface area (Å²) in [4.78, 5) is 0. The van der Waals surface area contributed by atoms with Gasteiger partial charge >= 0.3 is 0 Å². The minimum Gasteiger partial charge on any atom is -0.399 e. The minimum atomic E-state index is 0.562. The van der Waals surface area contributed by atoms with Gasteiger partial charge in [0, 0.05) is 25.9 Å². The van der Waals surface area contributed by atoms with Gasteiger partial charge in [-0.2, -0.15) is 0 Å². The van der Waals surface area contributed by atoms with E-state index in [9.17, 15) is 0 Å². The van der Waals surface area contributed by atoms with Crippen LogP contribution in [0.2, 0.25) is 10.0 Å². The first-order valence-corrected chi connectivity index (χ1v) is 6.38. The molecule has 0 atom stereocenters. The summed E-state index contributed by atoms with van der Waals surface area (Å²) in [5.41, 5.74) is 6.96. The van der Waals surface area contributed by atoms with Crippen molar-refractivity contribution in [3.63, 3.8) is 0 Å². The van der Waals surface area contributed by atoms with Crippen molar-refractivity contribution in [1.82, 2.24) is 0 Å². The topological polar surface area (TPSA) is 47.3 Å². The molecule has 96 valence electrons. The summed E-state index contributed by atoms with van der Waals surface area (Å²) in [6.07, 6.45) is 3.24. The number of hydrogen-bond donors (Lipinski definition) is 2. The van der Waals surface area contributed by atoms with Gasteiger partial charge < -0.3 is 15.8 Å². The second kappa shape index (κ2) is 7.64. The normalized spacial score (nSPS) is 10.5. The molecule has 17 heavy (non-hydrogen) atoms. The number of hydrogen-bond acceptors (Lipinski definition) is 3. The van der Waals surface area contributed by atoms with E-state index in [1.807, 2.05) is 0 Å². The highest BCUT2D eigenvalue weighted by Crippen LogP contribution is 2.32. The van der Waals surface area contributed by atoms with Crippen LogP contribution in [-0.2, 0) is 4.74 Å². The van der Waals surface area contributed by atoms with Crippen molar-refractivity contribution in [1.29, 1.82) is 0 Å². The number of unbranched alkanes of at least 4 members (excludes halogenated alkanes) is 2. The van der Waals surface area contributed by atoms with Gasteiger partial charge in [-0.3, -0.25) is 0 Å². The van der Waals surface area contributed by atoms with Crippen LogP contribution in [0.4, 0.5) is 11.4 Å². The molecule has 0 aliphatic heterocycles. The van der Waals surface area contributed by atoms with Crippen LogP contribution >= 0.6 is 23.2 Å². The van der Waals surface area contributed by atoms with E-state index in [4.69, 9.17) is 33.7 Å². The molecule has 1 aromatic carbocycles. The van der Waals surface area contributed by atoms with Crippen LogP contribution in [-0.4, -0.2) is 20.3 Å². The Morgan fingerprint density at radius 3 is 2.41 bits per heavy atom.